The largest absolute Gasteiger partial charge is 0.467 e. The maximum atomic E-state index is 12.6. The Morgan fingerprint density at radius 2 is 1.83 bits per heavy atom. The minimum Gasteiger partial charge on any atom is -0.467 e. The molecule has 1 amide bonds. The Morgan fingerprint density at radius 3 is 2.59 bits per heavy atom. The van der Waals surface area contributed by atoms with Gasteiger partial charge in [-0.2, -0.15) is 0 Å². The number of carbonyl (C=O) groups excluding carboxylic acids is 1. The van der Waals surface area contributed by atoms with Crippen LogP contribution < -0.4 is 5.32 Å². The van der Waals surface area contributed by atoms with E-state index in [1.165, 1.54) is 0 Å². The SMILES string of the molecule is O=C(Cn1c(Cc2ccccc2Cl)nc2cc(Cl)c(Cl)cc21)NCc1ccco1. The van der Waals surface area contributed by atoms with Crippen molar-refractivity contribution in [2.24, 2.45) is 0 Å². The summed E-state index contributed by atoms with van der Waals surface area (Å²) >= 11 is 18.7. The summed E-state index contributed by atoms with van der Waals surface area (Å²) in [6.45, 7) is 0.389. The molecule has 0 saturated heterocycles. The van der Waals surface area contributed by atoms with Crippen LogP contribution in [-0.4, -0.2) is 15.5 Å². The van der Waals surface area contributed by atoms with Crippen molar-refractivity contribution < 1.29 is 9.21 Å². The van der Waals surface area contributed by atoms with Crippen molar-refractivity contribution in [2.45, 2.75) is 19.5 Å². The van der Waals surface area contributed by atoms with Crippen LogP contribution >= 0.6 is 34.8 Å². The second-order valence-electron chi connectivity index (χ2n) is 6.49. The normalized spacial score (nSPS) is 11.1. The van der Waals surface area contributed by atoms with Crippen LogP contribution in [0.1, 0.15) is 17.1 Å². The van der Waals surface area contributed by atoms with E-state index in [2.05, 4.69) is 10.3 Å². The minimum absolute atomic E-state index is 0.0783. The smallest absolute Gasteiger partial charge is 0.240 e. The molecule has 0 aliphatic rings. The number of hydrogen-bond donors (Lipinski definition) is 1. The third kappa shape index (κ3) is 4.42. The summed E-state index contributed by atoms with van der Waals surface area (Å²) in [6.07, 6.45) is 2.04. The van der Waals surface area contributed by atoms with Crippen LogP contribution in [0.3, 0.4) is 0 Å². The molecule has 8 heteroatoms. The number of imidazole rings is 1. The van der Waals surface area contributed by atoms with Gasteiger partial charge in [0.1, 0.15) is 18.1 Å². The molecule has 0 atom stereocenters. The van der Waals surface area contributed by atoms with E-state index in [0.717, 1.165) is 11.1 Å². The van der Waals surface area contributed by atoms with E-state index in [4.69, 9.17) is 39.2 Å². The van der Waals surface area contributed by atoms with E-state index in [-0.39, 0.29) is 12.5 Å². The average molecular weight is 449 g/mol. The molecular weight excluding hydrogens is 433 g/mol. The molecule has 148 valence electrons. The van der Waals surface area contributed by atoms with Gasteiger partial charge in [0.15, 0.2) is 0 Å². The molecule has 29 heavy (non-hydrogen) atoms. The number of hydrogen-bond acceptors (Lipinski definition) is 3. The van der Waals surface area contributed by atoms with Gasteiger partial charge in [-0.15, -0.1) is 0 Å². The van der Waals surface area contributed by atoms with E-state index < -0.39 is 0 Å². The number of fused-ring (bicyclic) bond motifs is 1. The van der Waals surface area contributed by atoms with Crippen molar-refractivity contribution in [3.8, 4) is 0 Å². The summed E-state index contributed by atoms with van der Waals surface area (Å²) < 4.78 is 7.09. The molecule has 4 rings (SSSR count). The lowest BCUT2D eigenvalue weighted by Gasteiger charge is -2.11. The lowest BCUT2D eigenvalue weighted by atomic mass is 10.1. The molecule has 0 saturated carbocycles. The fourth-order valence-electron chi connectivity index (χ4n) is 3.09. The molecule has 2 aromatic heterocycles. The Hall–Kier alpha value is -2.47. The van der Waals surface area contributed by atoms with Gasteiger partial charge in [-0.3, -0.25) is 4.79 Å². The maximum absolute atomic E-state index is 12.6. The second kappa shape index (κ2) is 8.49. The van der Waals surface area contributed by atoms with Crippen molar-refractivity contribution in [2.75, 3.05) is 0 Å². The molecule has 0 aliphatic carbocycles. The first-order valence-electron chi connectivity index (χ1n) is 8.88. The predicted octanol–water partition coefficient (Wildman–Crippen LogP) is 5.50. The van der Waals surface area contributed by atoms with E-state index in [0.29, 0.717) is 45.1 Å². The lowest BCUT2D eigenvalue weighted by molar-refractivity contribution is -0.121. The van der Waals surface area contributed by atoms with Crippen LogP contribution in [-0.2, 0) is 24.3 Å². The standard InChI is InChI=1S/C21H16Cl3N3O2/c22-15-6-2-1-4-13(15)8-20-26-18-9-16(23)17(24)10-19(18)27(20)12-21(28)25-11-14-5-3-7-29-14/h1-7,9-10H,8,11-12H2,(H,25,28). The fourth-order valence-corrected chi connectivity index (χ4v) is 3.61. The number of benzene rings is 2. The Morgan fingerprint density at radius 1 is 1.03 bits per heavy atom. The molecule has 0 radical (unpaired) electrons. The van der Waals surface area contributed by atoms with Gasteiger partial charge in [0.05, 0.1) is 33.9 Å². The van der Waals surface area contributed by atoms with Crippen molar-refractivity contribution in [1.82, 2.24) is 14.9 Å². The highest BCUT2D eigenvalue weighted by Gasteiger charge is 2.17. The number of rotatable bonds is 6. The van der Waals surface area contributed by atoms with Gasteiger partial charge in [0.25, 0.3) is 0 Å². The number of amides is 1. The van der Waals surface area contributed by atoms with E-state index in [1.54, 1.807) is 30.5 Å². The van der Waals surface area contributed by atoms with Gasteiger partial charge in [-0.05, 0) is 35.9 Å². The molecule has 5 nitrogen and oxygen atoms in total. The molecule has 0 unspecified atom stereocenters. The number of halogens is 3. The molecule has 1 N–H and O–H groups in total. The average Bonchev–Trinajstić information content (AvgIpc) is 3.32. The lowest BCUT2D eigenvalue weighted by Crippen LogP contribution is -2.27. The number of nitrogens with zero attached hydrogens (tertiary/aromatic N) is 2. The number of furan rings is 1. The first-order chi connectivity index (χ1) is 14.0. The molecule has 2 aromatic carbocycles. The summed E-state index contributed by atoms with van der Waals surface area (Å²) in [5, 5.41) is 4.31. The van der Waals surface area contributed by atoms with Crippen LogP contribution in [0.4, 0.5) is 0 Å². The Labute approximate surface area is 182 Å². The fraction of sp³-hybridized carbons (Fsp3) is 0.143. The molecular formula is C21H16Cl3N3O2. The first kappa shape index (κ1) is 19.8. The van der Waals surface area contributed by atoms with Crippen molar-refractivity contribution in [3.63, 3.8) is 0 Å². The van der Waals surface area contributed by atoms with Gasteiger partial charge < -0.3 is 14.3 Å². The van der Waals surface area contributed by atoms with E-state index >= 15 is 0 Å². The highest BCUT2D eigenvalue weighted by molar-refractivity contribution is 6.42. The molecule has 0 bridgehead atoms. The summed E-state index contributed by atoms with van der Waals surface area (Å²) in [7, 11) is 0. The Kier molecular flexibility index (Phi) is 5.81. The second-order valence-corrected chi connectivity index (χ2v) is 7.72. The summed E-state index contributed by atoms with van der Waals surface area (Å²) in [5.74, 6) is 1.20. The minimum atomic E-state index is -0.174. The quantitative estimate of drug-likeness (QED) is 0.424. The summed E-state index contributed by atoms with van der Waals surface area (Å²) in [6, 6.07) is 14.6. The van der Waals surface area contributed by atoms with Gasteiger partial charge in [0.2, 0.25) is 5.91 Å². The first-order valence-corrected chi connectivity index (χ1v) is 10.0. The van der Waals surface area contributed by atoms with Crippen LogP contribution in [0.2, 0.25) is 15.1 Å². The topological polar surface area (TPSA) is 60.1 Å². The zero-order valence-corrected chi connectivity index (χ0v) is 17.4. The number of nitrogens with one attached hydrogen (secondary N) is 1. The zero-order valence-electron chi connectivity index (χ0n) is 15.2. The van der Waals surface area contributed by atoms with Gasteiger partial charge in [0, 0.05) is 11.4 Å². The van der Waals surface area contributed by atoms with E-state index in [1.807, 2.05) is 28.8 Å². The van der Waals surface area contributed by atoms with E-state index in [9.17, 15) is 4.79 Å². The third-order valence-electron chi connectivity index (χ3n) is 4.52. The molecule has 4 aromatic rings. The zero-order chi connectivity index (χ0) is 20.4. The number of carbonyl (C=O) groups is 1. The maximum Gasteiger partial charge on any atom is 0.240 e. The molecule has 0 spiro atoms. The Balaban J connectivity index is 1.66. The van der Waals surface area contributed by atoms with Crippen molar-refractivity contribution >= 4 is 51.7 Å². The van der Waals surface area contributed by atoms with Gasteiger partial charge in [-0.1, -0.05) is 53.0 Å². The molecule has 0 aliphatic heterocycles. The summed E-state index contributed by atoms with van der Waals surface area (Å²) in [4.78, 5) is 17.3. The highest BCUT2D eigenvalue weighted by Crippen LogP contribution is 2.29. The van der Waals surface area contributed by atoms with Crippen LogP contribution in [0.5, 0.6) is 0 Å². The van der Waals surface area contributed by atoms with Crippen LogP contribution in [0.25, 0.3) is 11.0 Å². The van der Waals surface area contributed by atoms with Gasteiger partial charge >= 0.3 is 0 Å². The molecule has 0 fully saturated rings. The molecule has 2 heterocycles. The van der Waals surface area contributed by atoms with Crippen molar-refractivity contribution in [3.05, 3.63) is 87.0 Å². The van der Waals surface area contributed by atoms with Crippen LogP contribution in [0, 0.1) is 0 Å². The summed E-state index contributed by atoms with van der Waals surface area (Å²) in [5.41, 5.74) is 2.31. The number of aromatic nitrogens is 2. The van der Waals surface area contributed by atoms with Crippen molar-refractivity contribution in [1.29, 1.82) is 0 Å². The Bertz CT molecular complexity index is 1170. The monoisotopic (exact) mass is 447 g/mol. The highest BCUT2D eigenvalue weighted by atomic mass is 35.5. The van der Waals surface area contributed by atoms with Crippen LogP contribution in [0.15, 0.2) is 59.2 Å². The third-order valence-corrected chi connectivity index (χ3v) is 5.61. The predicted molar refractivity (Wildman–Crippen MR) is 115 cm³/mol. The van der Waals surface area contributed by atoms with Gasteiger partial charge in [-0.25, -0.2) is 4.98 Å².